The molecule has 1 aromatic heterocycles. The molecule has 0 saturated heterocycles. The zero-order chi connectivity index (χ0) is 18.5. The number of aromatic nitrogens is 1. The van der Waals surface area contributed by atoms with Gasteiger partial charge in [0.25, 0.3) is 5.91 Å². The Morgan fingerprint density at radius 3 is 2.35 bits per heavy atom. The molecule has 4 nitrogen and oxygen atoms in total. The van der Waals surface area contributed by atoms with Crippen molar-refractivity contribution in [2.75, 3.05) is 5.32 Å². The summed E-state index contributed by atoms with van der Waals surface area (Å²) in [6.07, 6.45) is 1.47. The highest BCUT2D eigenvalue weighted by molar-refractivity contribution is 6.35. The molecule has 0 aliphatic heterocycles. The topological polar surface area (TPSA) is 51.2 Å². The third kappa shape index (κ3) is 4.88. The van der Waals surface area contributed by atoms with Gasteiger partial charge in [0.1, 0.15) is 18.2 Å². The highest BCUT2D eigenvalue weighted by Gasteiger charge is 2.08. The Bertz CT molecular complexity index is 913. The number of rotatable bonds is 5. The molecule has 0 atom stereocenters. The fraction of sp³-hybridized carbons (Fsp3) is 0.0526. The molecule has 0 unspecified atom stereocenters. The van der Waals surface area contributed by atoms with Crippen molar-refractivity contribution in [2.45, 2.75) is 6.61 Å². The highest BCUT2D eigenvalue weighted by atomic mass is 35.5. The first kappa shape index (κ1) is 18.5. The Kier molecular flexibility index (Phi) is 5.99. The summed E-state index contributed by atoms with van der Waals surface area (Å²) in [4.78, 5) is 16.3. The number of carbonyl (C=O) groups excluding carboxylic acids is 1. The van der Waals surface area contributed by atoms with E-state index < -0.39 is 0 Å². The average Bonchev–Trinajstić information content (AvgIpc) is 2.63. The van der Waals surface area contributed by atoms with E-state index in [1.165, 1.54) is 6.20 Å². The van der Waals surface area contributed by atoms with Crippen molar-refractivity contribution < 1.29 is 9.53 Å². The van der Waals surface area contributed by atoms with Crippen LogP contribution in [0.15, 0.2) is 60.8 Å². The summed E-state index contributed by atoms with van der Waals surface area (Å²) in [7, 11) is 0. The van der Waals surface area contributed by atoms with Gasteiger partial charge in [0, 0.05) is 16.8 Å². The number of halogens is 3. The second-order valence-electron chi connectivity index (χ2n) is 5.38. The molecule has 2 aromatic carbocycles. The van der Waals surface area contributed by atoms with E-state index in [2.05, 4.69) is 10.3 Å². The van der Waals surface area contributed by atoms with Gasteiger partial charge in [-0.2, -0.15) is 0 Å². The number of hydrogen-bond acceptors (Lipinski definition) is 3. The maximum absolute atomic E-state index is 12.2. The Labute approximate surface area is 165 Å². The van der Waals surface area contributed by atoms with Crippen LogP contribution in [0.5, 0.6) is 5.75 Å². The van der Waals surface area contributed by atoms with Gasteiger partial charge in [0.05, 0.1) is 10.0 Å². The molecule has 0 radical (unpaired) electrons. The summed E-state index contributed by atoms with van der Waals surface area (Å²) in [5.41, 5.74) is 1.41. The first-order valence-corrected chi connectivity index (χ1v) is 8.74. The number of pyridine rings is 1. The second-order valence-corrected chi connectivity index (χ2v) is 6.66. The summed E-state index contributed by atoms with van der Waals surface area (Å²) >= 11 is 17.7. The Morgan fingerprint density at radius 2 is 1.69 bits per heavy atom. The summed E-state index contributed by atoms with van der Waals surface area (Å²) in [6, 6.07) is 15.4. The van der Waals surface area contributed by atoms with Crippen molar-refractivity contribution in [3.63, 3.8) is 0 Å². The van der Waals surface area contributed by atoms with Crippen LogP contribution in [-0.4, -0.2) is 10.9 Å². The second kappa shape index (κ2) is 8.41. The summed E-state index contributed by atoms with van der Waals surface area (Å²) in [5.74, 6) is 0.726. The minimum absolute atomic E-state index is 0.256. The van der Waals surface area contributed by atoms with Gasteiger partial charge < -0.3 is 10.1 Å². The molecule has 0 bridgehead atoms. The SMILES string of the molecule is O=C(Nc1ccc(Cl)cn1)c1ccc(COc2ccc(Cl)cc2Cl)cc1. The molecule has 3 aromatic rings. The molecule has 0 saturated carbocycles. The molecule has 0 fully saturated rings. The maximum atomic E-state index is 12.2. The largest absolute Gasteiger partial charge is 0.487 e. The number of hydrogen-bond donors (Lipinski definition) is 1. The Hall–Kier alpha value is -2.27. The maximum Gasteiger partial charge on any atom is 0.256 e. The van der Waals surface area contributed by atoms with Gasteiger partial charge in [-0.25, -0.2) is 4.98 Å². The lowest BCUT2D eigenvalue weighted by atomic mass is 10.1. The van der Waals surface area contributed by atoms with Crippen LogP contribution in [0.25, 0.3) is 0 Å². The van der Waals surface area contributed by atoms with E-state index in [9.17, 15) is 4.79 Å². The average molecular weight is 408 g/mol. The van der Waals surface area contributed by atoms with Crippen LogP contribution in [0.1, 0.15) is 15.9 Å². The number of ether oxygens (including phenoxy) is 1. The number of anilines is 1. The third-order valence-corrected chi connectivity index (χ3v) is 4.23. The Balaban J connectivity index is 1.60. The highest BCUT2D eigenvalue weighted by Crippen LogP contribution is 2.28. The van der Waals surface area contributed by atoms with Gasteiger partial charge in [0.2, 0.25) is 0 Å². The van der Waals surface area contributed by atoms with Gasteiger partial charge in [-0.3, -0.25) is 4.79 Å². The monoisotopic (exact) mass is 406 g/mol. The van der Waals surface area contributed by atoms with Crippen molar-refractivity contribution in [3.05, 3.63) is 87.0 Å². The van der Waals surface area contributed by atoms with Gasteiger partial charge in [-0.05, 0) is 48.0 Å². The molecular formula is C19H13Cl3N2O2. The molecule has 0 aliphatic carbocycles. The van der Waals surface area contributed by atoms with Crippen molar-refractivity contribution >= 4 is 46.5 Å². The zero-order valence-electron chi connectivity index (χ0n) is 13.4. The van der Waals surface area contributed by atoms with E-state index in [0.29, 0.717) is 38.8 Å². The predicted octanol–water partition coefficient (Wildman–Crippen LogP) is 5.87. The number of nitrogens with zero attached hydrogens (tertiary/aromatic N) is 1. The van der Waals surface area contributed by atoms with E-state index in [-0.39, 0.29) is 5.91 Å². The van der Waals surface area contributed by atoms with Gasteiger partial charge in [-0.15, -0.1) is 0 Å². The van der Waals surface area contributed by atoms with Crippen LogP contribution in [0.2, 0.25) is 15.1 Å². The van der Waals surface area contributed by atoms with E-state index in [1.807, 2.05) is 12.1 Å². The van der Waals surface area contributed by atoms with Crippen LogP contribution < -0.4 is 10.1 Å². The van der Waals surface area contributed by atoms with Crippen molar-refractivity contribution in [1.82, 2.24) is 4.98 Å². The fourth-order valence-corrected chi connectivity index (χ4v) is 2.72. The van der Waals surface area contributed by atoms with E-state index in [4.69, 9.17) is 39.5 Å². The molecule has 1 amide bonds. The molecular weight excluding hydrogens is 395 g/mol. The van der Waals surface area contributed by atoms with E-state index in [1.54, 1.807) is 42.5 Å². The molecule has 0 spiro atoms. The molecule has 1 heterocycles. The smallest absolute Gasteiger partial charge is 0.256 e. The molecule has 132 valence electrons. The van der Waals surface area contributed by atoms with Gasteiger partial charge in [-0.1, -0.05) is 46.9 Å². The summed E-state index contributed by atoms with van der Waals surface area (Å²) in [6.45, 7) is 0.321. The predicted molar refractivity (Wildman–Crippen MR) is 104 cm³/mol. The van der Waals surface area contributed by atoms with Crippen LogP contribution in [0.3, 0.4) is 0 Å². The lowest BCUT2D eigenvalue weighted by molar-refractivity contribution is 0.102. The lowest BCUT2D eigenvalue weighted by Gasteiger charge is -2.09. The van der Waals surface area contributed by atoms with Crippen molar-refractivity contribution in [2.24, 2.45) is 0 Å². The molecule has 0 aliphatic rings. The van der Waals surface area contributed by atoms with Gasteiger partial charge >= 0.3 is 0 Å². The number of carbonyl (C=O) groups is 1. The Morgan fingerprint density at radius 1 is 0.962 bits per heavy atom. The normalized spacial score (nSPS) is 10.4. The first-order chi connectivity index (χ1) is 12.5. The quantitative estimate of drug-likeness (QED) is 0.575. The van der Waals surface area contributed by atoms with Crippen LogP contribution >= 0.6 is 34.8 Å². The van der Waals surface area contributed by atoms with Crippen LogP contribution in [0, 0.1) is 0 Å². The number of benzene rings is 2. The molecule has 26 heavy (non-hydrogen) atoms. The standard InChI is InChI=1S/C19H13Cl3N2O2/c20-14-5-7-17(16(22)9-14)26-11-12-1-3-13(4-2-12)19(25)24-18-8-6-15(21)10-23-18/h1-10H,11H2,(H,23,24,25). The van der Waals surface area contributed by atoms with E-state index in [0.717, 1.165) is 5.56 Å². The fourth-order valence-electron chi connectivity index (χ4n) is 2.14. The minimum Gasteiger partial charge on any atom is -0.487 e. The zero-order valence-corrected chi connectivity index (χ0v) is 15.6. The number of amides is 1. The van der Waals surface area contributed by atoms with Crippen molar-refractivity contribution in [3.8, 4) is 5.75 Å². The first-order valence-electron chi connectivity index (χ1n) is 7.61. The summed E-state index contributed by atoms with van der Waals surface area (Å²) < 4.78 is 5.67. The molecule has 7 heteroatoms. The van der Waals surface area contributed by atoms with Crippen molar-refractivity contribution in [1.29, 1.82) is 0 Å². The number of nitrogens with one attached hydrogen (secondary N) is 1. The van der Waals surface area contributed by atoms with Crippen LogP contribution in [0.4, 0.5) is 5.82 Å². The third-order valence-electron chi connectivity index (χ3n) is 3.47. The lowest BCUT2D eigenvalue weighted by Crippen LogP contribution is -2.12. The van der Waals surface area contributed by atoms with E-state index >= 15 is 0 Å². The molecule has 3 rings (SSSR count). The van der Waals surface area contributed by atoms with Gasteiger partial charge in [0.15, 0.2) is 0 Å². The summed E-state index contributed by atoms with van der Waals surface area (Å²) in [5, 5.41) is 4.21. The molecule has 1 N–H and O–H groups in total. The minimum atomic E-state index is -0.256. The van der Waals surface area contributed by atoms with Crippen LogP contribution in [-0.2, 0) is 6.61 Å².